The van der Waals surface area contributed by atoms with Crippen molar-refractivity contribution in [3.05, 3.63) is 60.9 Å². The van der Waals surface area contributed by atoms with Gasteiger partial charge in [-0.3, -0.25) is 14.8 Å². The van der Waals surface area contributed by atoms with Crippen LogP contribution in [0.5, 0.6) is 0 Å². The topological polar surface area (TPSA) is 78.4 Å². The maximum atomic E-state index is 15.7. The molecule has 4 fully saturated rings. The first kappa shape index (κ1) is 32.3. The summed E-state index contributed by atoms with van der Waals surface area (Å²) in [5.41, 5.74) is 2.17. The van der Waals surface area contributed by atoms with E-state index in [1.807, 2.05) is 11.9 Å². The van der Waals surface area contributed by atoms with E-state index in [2.05, 4.69) is 51.6 Å². The van der Waals surface area contributed by atoms with E-state index >= 15 is 4.39 Å². The van der Waals surface area contributed by atoms with Crippen molar-refractivity contribution >= 4 is 34.2 Å². The van der Waals surface area contributed by atoms with E-state index in [1.54, 1.807) is 23.5 Å². The molecule has 43 heavy (non-hydrogen) atoms. The van der Waals surface area contributed by atoms with Crippen molar-refractivity contribution in [2.45, 2.75) is 62.9 Å². The van der Waals surface area contributed by atoms with E-state index in [0.29, 0.717) is 46.3 Å². The molecule has 0 radical (unpaired) electrons. The maximum absolute atomic E-state index is 15.7. The number of fused-ring (bicyclic) bond motifs is 2. The molecule has 3 aromatic rings. The number of rotatable bonds is 5. The standard InChI is InChI=1S/C23H21ClFN6O.C9H16N.U/c1-3-18(32)31-7-6-14(11-31)30(2)23-16-9-27-21(20(25)22(16)28-12-29-23)15-8-26-10-17(24)19(15)13-4-5-13;1-8-6-9(2)4-3-5-10(9)7-8;/h3,8-10,13-14H,1,4-7,11H2,2H3;8H,2-7H2,1H3;/q2*-1;+2/t14-;8-,9+;/m11./s1. The van der Waals surface area contributed by atoms with E-state index in [9.17, 15) is 4.79 Å². The molecule has 0 unspecified atom stereocenters. The average Bonchev–Trinajstić information content (AvgIpc) is 3.46. The fourth-order valence-electron chi connectivity index (χ4n) is 6.97. The molecule has 3 atom stereocenters. The maximum Gasteiger partial charge on any atom is 2.00 e. The van der Waals surface area contributed by atoms with E-state index in [-0.39, 0.29) is 54.3 Å². The number of carbonyl (C=O) groups excluding carboxylic acids is 1. The third kappa shape index (κ3) is 6.36. The van der Waals surface area contributed by atoms with Crippen LogP contribution in [0.2, 0.25) is 5.02 Å². The quantitative estimate of drug-likeness (QED) is 0.250. The summed E-state index contributed by atoms with van der Waals surface area (Å²) in [5, 5.41) is 1.02. The summed E-state index contributed by atoms with van der Waals surface area (Å²) in [6.45, 7) is 14.0. The molecular weight excluding hydrogens is 791 g/mol. The molecule has 1 saturated carbocycles. The molecule has 3 aliphatic heterocycles. The van der Waals surface area contributed by atoms with Crippen LogP contribution in [0.4, 0.5) is 10.2 Å². The number of likely N-dealkylation sites (N-methyl/N-ethyl adjacent to an activating group) is 1. The van der Waals surface area contributed by atoms with Crippen LogP contribution in [-0.2, 0) is 4.79 Å². The zero-order valence-corrected chi connectivity index (χ0v) is 29.7. The molecule has 6 heterocycles. The van der Waals surface area contributed by atoms with Gasteiger partial charge >= 0.3 is 31.1 Å². The summed E-state index contributed by atoms with van der Waals surface area (Å²) in [6, 6.07) is 0.0340. The second-order valence-corrected chi connectivity index (χ2v) is 12.7. The van der Waals surface area contributed by atoms with Crippen LogP contribution in [0.3, 0.4) is 0 Å². The summed E-state index contributed by atoms with van der Waals surface area (Å²) in [4.78, 5) is 35.2. The Hall–Kier alpha value is -2.12. The van der Waals surface area contributed by atoms with Crippen LogP contribution in [0.1, 0.15) is 56.9 Å². The SMILES string of the molecule is C=CC(=O)N1CC[C@@H](N(C)c2n[c-]nc3c(F)c(-c4cncc(Cl)c4C4CC4)ncc23)C1.[CH2-][C@@]12CCCN1C[C@H](C)C2.[U+2]. The van der Waals surface area contributed by atoms with Gasteiger partial charge in [0.15, 0.2) is 0 Å². The average molecular weight is 828 g/mol. The number of aromatic nitrogens is 4. The number of hydrogen-bond acceptors (Lipinski definition) is 7. The van der Waals surface area contributed by atoms with Crippen molar-refractivity contribution in [1.29, 1.82) is 0 Å². The number of nitrogens with zero attached hydrogens (tertiary/aromatic N) is 7. The Morgan fingerprint density at radius 3 is 2.74 bits per heavy atom. The summed E-state index contributed by atoms with van der Waals surface area (Å²) in [5.74, 6) is 1.07. The molecule has 3 aromatic heterocycles. The van der Waals surface area contributed by atoms with Crippen molar-refractivity contribution in [2.24, 2.45) is 5.92 Å². The monoisotopic (exact) mass is 827 g/mol. The molecule has 1 amide bonds. The predicted molar refractivity (Wildman–Crippen MR) is 163 cm³/mol. The fourth-order valence-corrected chi connectivity index (χ4v) is 7.28. The molecule has 224 valence electrons. The summed E-state index contributed by atoms with van der Waals surface area (Å²) in [6.07, 6.45) is 15.5. The molecule has 11 heteroatoms. The molecule has 8 nitrogen and oxygen atoms in total. The van der Waals surface area contributed by atoms with Crippen molar-refractivity contribution in [2.75, 3.05) is 38.1 Å². The van der Waals surface area contributed by atoms with Crippen LogP contribution in [0, 0.1) is 56.1 Å². The van der Waals surface area contributed by atoms with Gasteiger partial charge in [-0.1, -0.05) is 37.9 Å². The van der Waals surface area contributed by atoms with E-state index in [0.717, 1.165) is 30.7 Å². The number of likely N-dealkylation sites (tertiary alicyclic amines) is 1. The predicted octanol–water partition coefficient (Wildman–Crippen LogP) is 5.47. The van der Waals surface area contributed by atoms with Crippen LogP contribution >= 0.6 is 11.6 Å². The fraction of sp³-hybridized carbons (Fsp3) is 0.500. The normalized spacial score (nSPS) is 24.7. The third-order valence-corrected chi connectivity index (χ3v) is 9.57. The third-order valence-electron chi connectivity index (χ3n) is 9.26. The van der Waals surface area contributed by atoms with E-state index < -0.39 is 5.82 Å². The number of carbonyl (C=O) groups is 1. The smallest absolute Gasteiger partial charge is 0.407 e. The Morgan fingerprint density at radius 1 is 1.23 bits per heavy atom. The van der Waals surface area contributed by atoms with Gasteiger partial charge < -0.3 is 31.6 Å². The first-order valence-corrected chi connectivity index (χ1v) is 15.2. The van der Waals surface area contributed by atoms with Crippen LogP contribution < -0.4 is 4.90 Å². The van der Waals surface area contributed by atoms with Crippen LogP contribution in [0.15, 0.2) is 31.2 Å². The second kappa shape index (κ2) is 13.1. The Bertz CT molecular complexity index is 1520. The number of amides is 1. The van der Waals surface area contributed by atoms with Crippen molar-refractivity contribution in [3.63, 3.8) is 0 Å². The molecule has 0 aromatic carbocycles. The minimum absolute atomic E-state index is 0. The van der Waals surface area contributed by atoms with E-state index in [1.165, 1.54) is 38.4 Å². The van der Waals surface area contributed by atoms with Gasteiger partial charge in [0.1, 0.15) is 5.82 Å². The molecule has 0 bridgehead atoms. The van der Waals surface area contributed by atoms with Gasteiger partial charge in [0.25, 0.3) is 0 Å². The van der Waals surface area contributed by atoms with Gasteiger partial charge in [0, 0.05) is 60.9 Å². The number of anilines is 1. The molecule has 4 aliphatic rings. The van der Waals surface area contributed by atoms with Crippen molar-refractivity contribution in [3.8, 4) is 11.3 Å². The van der Waals surface area contributed by atoms with Gasteiger partial charge in [-0.25, -0.2) is 4.39 Å². The van der Waals surface area contributed by atoms with Crippen LogP contribution in [-0.4, -0.2) is 80.5 Å². The van der Waals surface area contributed by atoms with Gasteiger partial charge in [-0.2, -0.15) is 0 Å². The van der Waals surface area contributed by atoms with E-state index in [4.69, 9.17) is 11.6 Å². The minimum Gasteiger partial charge on any atom is -0.407 e. The Kier molecular flexibility index (Phi) is 9.82. The molecule has 1 aliphatic carbocycles. The minimum atomic E-state index is -0.545. The number of pyridine rings is 2. The van der Waals surface area contributed by atoms with Crippen molar-refractivity contribution in [1.82, 2.24) is 29.7 Å². The zero-order valence-electron chi connectivity index (χ0n) is 24.8. The first-order valence-electron chi connectivity index (χ1n) is 14.8. The Labute approximate surface area is 281 Å². The molecule has 3 saturated heterocycles. The zero-order chi connectivity index (χ0) is 29.6. The van der Waals surface area contributed by atoms with Gasteiger partial charge in [0.05, 0.1) is 10.7 Å². The molecule has 7 rings (SSSR count). The number of halogens is 2. The summed E-state index contributed by atoms with van der Waals surface area (Å²) in [7, 11) is 1.88. The van der Waals surface area contributed by atoms with Crippen molar-refractivity contribution < 1.29 is 40.3 Å². The van der Waals surface area contributed by atoms with Crippen LogP contribution in [0.25, 0.3) is 22.2 Å². The van der Waals surface area contributed by atoms with Gasteiger partial charge in [-0.05, 0) is 74.7 Å². The first-order chi connectivity index (χ1) is 20.2. The number of hydrogen-bond donors (Lipinski definition) is 0. The second-order valence-electron chi connectivity index (χ2n) is 12.3. The molecule has 0 spiro atoms. The summed E-state index contributed by atoms with van der Waals surface area (Å²) >= 11 is 6.38. The molecular formula is C32H37ClFN7OU. The molecule has 0 N–H and O–H groups in total. The largest absolute Gasteiger partial charge is 2.00 e. The summed E-state index contributed by atoms with van der Waals surface area (Å²) < 4.78 is 15.7. The van der Waals surface area contributed by atoms with Gasteiger partial charge in [-0.15, -0.1) is 5.54 Å². The Balaban J connectivity index is 0.000000282. The van der Waals surface area contributed by atoms with Gasteiger partial charge in [0.2, 0.25) is 5.91 Å². The Morgan fingerprint density at radius 2 is 2.02 bits per heavy atom.